The highest BCUT2D eigenvalue weighted by molar-refractivity contribution is 5.76. The molecule has 0 amide bonds. The third-order valence-electron chi connectivity index (χ3n) is 3.26. The second-order valence-corrected chi connectivity index (χ2v) is 4.33. The van der Waals surface area contributed by atoms with Gasteiger partial charge in [-0.05, 0) is 25.8 Å². The van der Waals surface area contributed by atoms with Crippen molar-refractivity contribution < 1.29 is 9.53 Å². The first-order chi connectivity index (χ1) is 6.72. The number of methoxy groups -OCH3 is 1. The van der Waals surface area contributed by atoms with Crippen LogP contribution >= 0.6 is 0 Å². The first-order valence-corrected chi connectivity index (χ1v) is 5.24. The molecule has 1 N–H and O–H groups in total. The van der Waals surface area contributed by atoms with Crippen molar-refractivity contribution in [2.45, 2.75) is 24.9 Å². The highest BCUT2D eigenvalue weighted by Crippen LogP contribution is 2.35. The molecule has 4 heteroatoms. The number of likely N-dealkylation sites (N-methyl/N-ethyl adjacent to an activating group) is 1. The van der Waals surface area contributed by atoms with Crippen LogP contribution < -0.4 is 5.32 Å². The molecule has 2 atom stereocenters. The summed E-state index contributed by atoms with van der Waals surface area (Å²) in [7, 11) is 3.54. The number of hydrogen-bond acceptors (Lipinski definition) is 4. The molecule has 2 fully saturated rings. The molecule has 14 heavy (non-hydrogen) atoms. The molecule has 1 aliphatic carbocycles. The number of nitrogens with one attached hydrogen (secondary N) is 1. The molecule has 80 valence electrons. The largest absolute Gasteiger partial charge is 0.468 e. The van der Waals surface area contributed by atoms with Gasteiger partial charge in [0, 0.05) is 19.1 Å². The minimum Gasteiger partial charge on any atom is -0.468 e. The van der Waals surface area contributed by atoms with E-state index in [0.29, 0.717) is 6.04 Å². The Kier molecular flexibility index (Phi) is 2.74. The SMILES string of the molecule is COC(=O)C1CN(C)C(C2CC2)CN1. The van der Waals surface area contributed by atoms with E-state index in [0.717, 1.165) is 19.0 Å². The van der Waals surface area contributed by atoms with E-state index < -0.39 is 0 Å². The number of piperazine rings is 1. The standard InChI is InChI=1S/C10H18N2O2/c1-12-6-8(10(13)14-2)11-5-9(12)7-3-4-7/h7-9,11H,3-6H2,1-2H3. The molecule has 0 aromatic rings. The zero-order valence-corrected chi connectivity index (χ0v) is 8.82. The normalized spacial score (nSPS) is 34.1. The summed E-state index contributed by atoms with van der Waals surface area (Å²) in [5, 5.41) is 3.26. The minimum atomic E-state index is -0.147. The minimum absolute atomic E-state index is 0.139. The summed E-state index contributed by atoms with van der Waals surface area (Å²) in [6.45, 7) is 1.69. The third kappa shape index (κ3) is 1.91. The second-order valence-electron chi connectivity index (χ2n) is 4.33. The Morgan fingerprint density at radius 3 is 2.71 bits per heavy atom. The first-order valence-electron chi connectivity index (χ1n) is 5.24. The Morgan fingerprint density at radius 2 is 2.21 bits per heavy atom. The van der Waals surface area contributed by atoms with E-state index in [9.17, 15) is 4.79 Å². The number of esters is 1. The summed E-state index contributed by atoms with van der Waals surface area (Å²) in [4.78, 5) is 13.6. The summed E-state index contributed by atoms with van der Waals surface area (Å²) < 4.78 is 4.72. The molecule has 0 spiro atoms. The fourth-order valence-corrected chi connectivity index (χ4v) is 2.21. The van der Waals surface area contributed by atoms with Crippen LogP contribution in [0.3, 0.4) is 0 Å². The van der Waals surface area contributed by atoms with Crippen LogP contribution in [0, 0.1) is 5.92 Å². The summed E-state index contributed by atoms with van der Waals surface area (Å²) in [6, 6.07) is 0.482. The van der Waals surface area contributed by atoms with Crippen LogP contribution in [0.4, 0.5) is 0 Å². The van der Waals surface area contributed by atoms with Crippen molar-refractivity contribution in [1.82, 2.24) is 10.2 Å². The molecule has 0 bridgehead atoms. The van der Waals surface area contributed by atoms with E-state index in [1.165, 1.54) is 20.0 Å². The Morgan fingerprint density at radius 1 is 1.50 bits per heavy atom. The molecular weight excluding hydrogens is 180 g/mol. The van der Waals surface area contributed by atoms with Crippen LogP contribution in [0.15, 0.2) is 0 Å². The maximum Gasteiger partial charge on any atom is 0.324 e. The summed E-state index contributed by atoms with van der Waals surface area (Å²) >= 11 is 0. The molecule has 0 aromatic carbocycles. The predicted molar refractivity (Wildman–Crippen MR) is 52.9 cm³/mol. The van der Waals surface area contributed by atoms with Crippen LogP contribution in [-0.2, 0) is 9.53 Å². The lowest BCUT2D eigenvalue weighted by atomic mass is 10.1. The van der Waals surface area contributed by atoms with Crippen molar-refractivity contribution in [2.75, 3.05) is 27.2 Å². The van der Waals surface area contributed by atoms with E-state index in [-0.39, 0.29) is 12.0 Å². The monoisotopic (exact) mass is 198 g/mol. The van der Waals surface area contributed by atoms with E-state index in [1.807, 2.05) is 0 Å². The molecule has 0 radical (unpaired) electrons. The van der Waals surface area contributed by atoms with Crippen LogP contribution in [0.2, 0.25) is 0 Å². The summed E-state index contributed by atoms with van der Waals surface area (Å²) in [5.74, 6) is 0.706. The zero-order chi connectivity index (χ0) is 10.1. The van der Waals surface area contributed by atoms with Gasteiger partial charge in [0.15, 0.2) is 0 Å². The molecule has 1 aliphatic heterocycles. The Bertz CT molecular complexity index is 228. The Balaban J connectivity index is 1.88. The van der Waals surface area contributed by atoms with Gasteiger partial charge in [-0.3, -0.25) is 9.69 Å². The van der Waals surface area contributed by atoms with Gasteiger partial charge in [0.25, 0.3) is 0 Å². The van der Waals surface area contributed by atoms with Gasteiger partial charge in [-0.1, -0.05) is 0 Å². The molecular formula is C10H18N2O2. The maximum absolute atomic E-state index is 11.3. The van der Waals surface area contributed by atoms with E-state index in [4.69, 9.17) is 4.74 Å². The van der Waals surface area contributed by atoms with Crippen LogP contribution in [-0.4, -0.2) is 50.2 Å². The van der Waals surface area contributed by atoms with Crippen molar-refractivity contribution in [2.24, 2.45) is 5.92 Å². The second kappa shape index (κ2) is 3.87. The lowest BCUT2D eigenvalue weighted by Gasteiger charge is -2.37. The van der Waals surface area contributed by atoms with E-state index in [1.54, 1.807) is 0 Å². The van der Waals surface area contributed by atoms with Gasteiger partial charge in [-0.15, -0.1) is 0 Å². The molecule has 2 unspecified atom stereocenters. The van der Waals surface area contributed by atoms with Gasteiger partial charge in [0.2, 0.25) is 0 Å². The number of carbonyl (C=O) groups excluding carboxylic acids is 1. The third-order valence-corrected chi connectivity index (χ3v) is 3.26. The topological polar surface area (TPSA) is 41.6 Å². The molecule has 1 heterocycles. The molecule has 1 saturated heterocycles. The molecule has 1 saturated carbocycles. The van der Waals surface area contributed by atoms with Gasteiger partial charge in [-0.25, -0.2) is 0 Å². The Labute approximate surface area is 84.6 Å². The number of ether oxygens (including phenoxy) is 1. The quantitative estimate of drug-likeness (QED) is 0.626. The van der Waals surface area contributed by atoms with Crippen LogP contribution in [0.25, 0.3) is 0 Å². The first kappa shape index (κ1) is 9.93. The number of rotatable bonds is 2. The van der Waals surface area contributed by atoms with Crippen molar-refractivity contribution >= 4 is 5.97 Å². The number of carbonyl (C=O) groups is 1. The number of hydrogen-bond donors (Lipinski definition) is 1. The van der Waals surface area contributed by atoms with Crippen molar-refractivity contribution in [3.8, 4) is 0 Å². The van der Waals surface area contributed by atoms with Crippen molar-refractivity contribution in [3.05, 3.63) is 0 Å². The lowest BCUT2D eigenvalue weighted by molar-refractivity contribution is -0.144. The summed E-state index contributed by atoms with van der Waals surface area (Å²) in [6.07, 6.45) is 2.69. The fraction of sp³-hybridized carbons (Fsp3) is 0.900. The predicted octanol–water partition coefficient (Wildman–Crippen LogP) is -0.158. The molecule has 0 aromatic heterocycles. The average molecular weight is 198 g/mol. The van der Waals surface area contributed by atoms with Crippen LogP contribution in [0.5, 0.6) is 0 Å². The van der Waals surface area contributed by atoms with Crippen molar-refractivity contribution in [3.63, 3.8) is 0 Å². The number of nitrogens with zero attached hydrogens (tertiary/aromatic N) is 1. The zero-order valence-electron chi connectivity index (χ0n) is 8.82. The van der Waals surface area contributed by atoms with Gasteiger partial charge >= 0.3 is 5.97 Å². The highest BCUT2D eigenvalue weighted by Gasteiger charge is 2.38. The van der Waals surface area contributed by atoms with Gasteiger partial charge in [-0.2, -0.15) is 0 Å². The average Bonchev–Trinajstić information content (AvgIpc) is 3.00. The smallest absolute Gasteiger partial charge is 0.324 e. The van der Waals surface area contributed by atoms with Crippen molar-refractivity contribution in [1.29, 1.82) is 0 Å². The molecule has 2 aliphatic rings. The van der Waals surface area contributed by atoms with Crippen LogP contribution in [0.1, 0.15) is 12.8 Å². The van der Waals surface area contributed by atoms with E-state index in [2.05, 4.69) is 17.3 Å². The molecule has 4 nitrogen and oxygen atoms in total. The van der Waals surface area contributed by atoms with E-state index >= 15 is 0 Å². The van der Waals surface area contributed by atoms with Gasteiger partial charge in [0.05, 0.1) is 7.11 Å². The Hall–Kier alpha value is -0.610. The van der Waals surface area contributed by atoms with Gasteiger partial charge in [0.1, 0.15) is 6.04 Å². The highest BCUT2D eigenvalue weighted by atomic mass is 16.5. The summed E-state index contributed by atoms with van der Waals surface area (Å²) in [5.41, 5.74) is 0. The lowest BCUT2D eigenvalue weighted by Crippen LogP contribution is -2.58. The van der Waals surface area contributed by atoms with Gasteiger partial charge < -0.3 is 10.1 Å². The maximum atomic E-state index is 11.3. The molecule has 2 rings (SSSR count). The fourth-order valence-electron chi connectivity index (χ4n) is 2.21.